The Balaban J connectivity index is 1.96. The number of carbonyl (C=O) groups excluding carboxylic acids is 1. The lowest BCUT2D eigenvalue weighted by molar-refractivity contribution is -0.0379. The molecule has 134 valence electrons. The average molecular weight is 372 g/mol. The summed E-state index contributed by atoms with van der Waals surface area (Å²) < 4.78 is 6.36. The second-order valence-electron chi connectivity index (χ2n) is 6.86. The number of nitrogens with zero attached hydrogens (tertiary/aromatic N) is 1. The number of carbonyl (C=O) groups is 1. The van der Waals surface area contributed by atoms with Crippen molar-refractivity contribution in [3.63, 3.8) is 0 Å². The molecule has 4 rings (SSSR count). The van der Waals surface area contributed by atoms with Gasteiger partial charge in [-0.2, -0.15) is 4.57 Å². The molecule has 0 saturated carbocycles. The molecule has 0 amide bonds. The van der Waals surface area contributed by atoms with E-state index in [4.69, 9.17) is 4.74 Å². The lowest BCUT2D eigenvalue weighted by Gasteiger charge is -2.29. The maximum Gasteiger partial charge on any atom is 0.336 e. The number of rotatable bonds is 1. The first kappa shape index (κ1) is 16.7. The highest BCUT2D eigenvalue weighted by Crippen LogP contribution is 2.36. The van der Waals surface area contributed by atoms with E-state index in [2.05, 4.69) is 4.98 Å². The summed E-state index contributed by atoms with van der Waals surface area (Å²) in [6.07, 6.45) is 0.518. The fourth-order valence-corrected chi connectivity index (χ4v) is 4.29. The smallest absolute Gasteiger partial charge is 0.336 e. The Hall–Kier alpha value is -2.71. The third-order valence-electron chi connectivity index (χ3n) is 4.42. The van der Waals surface area contributed by atoms with Crippen LogP contribution in [0.2, 0.25) is 0 Å². The van der Waals surface area contributed by atoms with Gasteiger partial charge in [-0.3, -0.25) is 14.6 Å². The van der Waals surface area contributed by atoms with Gasteiger partial charge in [0, 0.05) is 16.9 Å². The first-order valence-electron chi connectivity index (χ1n) is 8.04. The third kappa shape index (κ3) is 2.58. The van der Waals surface area contributed by atoms with Gasteiger partial charge in [0.25, 0.3) is 11.5 Å². The highest BCUT2D eigenvalue weighted by atomic mass is 32.1. The van der Waals surface area contributed by atoms with Crippen molar-refractivity contribution >= 4 is 27.5 Å². The van der Waals surface area contributed by atoms with Crippen LogP contribution in [-0.2, 0) is 17.8 Å². The fraction of sp³-hybridized carbons (Fsp3) is 0.278. The number of phenols is 1. The minimum absolute atomic E-state index is 0.0599. The fourth-order valence-electron chi connectivity index (χ4n) is 3.18. The minimum Gasteiger partial charge on any atom is -0.508 e. The molecule has 3 heterocycles. The Kier molecular flexibility index (Phi) is 3.64. The summed E-state index contributed by atoms with van der Waals surface area (Å²) in [5.74, 6) is -0.895. The predicted molar refractivity (Wildman–Crippen MR) is 97.1 cm³/mol. The highest BCUT2D eigenvalue weighted by molar-refractivity contribution is 7.18. The van der Waals surface area contributed by atoms with Gasteiger partial charge in [-0.25, -0.2) is 4.79 Å². The molecule has 0 unspecified atom stereocenters. The van der Waals surface area contributed by atoms with E-state index in [0.717, 1.165) is 10.4 Å². The zero-order valence-electron chi connectivity index (χ0n) is 14.2. The summed E-state index contributed by atoms with van der Waals surface area (Å²) in [7, 11) is 0. The number of fused-ring (bicyclic) bond motifs is 3. The molecule has 2 aromatic heterocycles. The van der Waals surface area contributed by atoms with Crippen molar-refractivity contribution in [2.75, 3.05) is 0 Å². The number of phenolic OH excluding ortho intramolecular Hbond substituents is 1. The molecule has 0 aliphatic carbocycles. The molecular formula is C18H16N2O5S. The van der Waals surface area contributed by atoms with E-state index in [1.54, 1.807) is 0 Å². The molecule has 0 bridgehead atoms. The van der Waals surface area contributed by atoms with Crippen LogP contribution >= 0.6 is 11.3 Å². The van der Waals surface area contributed by atoms with Crippen LogP contribution in [0.25, 0.3) is 10.2 Å². The summed E-state index contributed by atoms with van der Waals surface area (Å²) in [6, 6.07) is 5.55. The first-order valence-corrected chi connectivity index (χ1v) is 8.86. The van der Waals surface area contributed by atoms with Gasteiger partial charge in [0.1, 0.15) is 10.6 Å². The molecule has 0 radical (unpaired) electrons. The number of aromatic nitrogens is 2. The van der Waals surface area contributed by atoms with Crippen molar-refractivity contribution in [3.8, 4) is 5.75 Å². The molecule has 1 aliphatic heterocycles. The van der Waals surface area contributed by atoms with Crippen LogP contribution in [0.3, 0.4) is 0 Å². The van der Waals surface area contributed by atoms with Crippen molar-refractivity contribution in [3.05, 3.63) is 61.1 Å². The number of hydrogen-bond donors (Lipinski definition) is 2. The van der Waals surface area contributed by atoms with Crippen LogP contribution in [-0.4, -0.2) is 26.2 Å². The van der Waals surface area contributed by atoms with Crippen LogP contribution in [0.4, 0.5) is 0 Å². The highest BCUT2D eigenvalue weighted by Gasteiger charge is 2.31. The number of H-pyrrole nitrogens is 1. The van der Waals surface area contributed by atoms with Gasteiger partial charge >= 0.3 is 5.69 Å². The zero-order chi connectivity index (χ0) is 18.6. The quantitative estimate of drug-likeness (QED) is 0.680. The van der Waals surface area contributed by atoms with Gasteiger partial charge in [0.2, 0.25) is 0 Å². The average Bonchev–Trinajstić information content (AvgIpc) is 2.90. The van der Waals surface area contributed by atoms with E-state index in [1.807, 2.05) is 13.8 Å². The number of nitrogens with one attached hydrogen (secondary N) is 1. The standard InChI is InChI=1S/C18H16N2O5S/c1-18(2)7-11-12(8-25-18)26-14-13(11)16(23)20(17(24)19-14)15(22)9-4-3-5-10(21)6-9/h3-6,21H,7-8H2,1-2H3,(H,19,24). The number of benzene rings is 1. The second kappa shape index (κ2) is 5.65. The Morgan fingerprint density at radius 2 is 2.12 bits per heavy atom. The largest absolute Gasteiger partial charge is 0.508 e. The lowest BCUT2D eigenvalue weighted by atomic mass is 9.94. The maximum absolute atomic E-state index is 13.0. The summed E-state index contributed by atoms with van der Waals surface area (Å²) in [4.78, 5) is 42.1. The molecule has 0 spiro atoms. The summed E-state index contributed by atoms with van der Waals surface area (Å²) in [5, 5.41) is 9.92. The van der Waals surface area contributed by atoms with Gasteiger partial charge in [-0.05, 0) is 37.6 Å². The maximum atomic E-state index is 13.0. The van der Waals surface area contributed by atoms with Gasteiger partial charge in [-0.1, -0.05) is 6.07 Å². The molecule has 0 atom stereocenters. The van der Waals surface area contributed by atoms with Crippen LogP contribution in [0.15, 0.2) is 33.9 Å². The third-order valence-corrected chi connectivity index (χ3v) is 5.54. The van der Waals surface area contributed by atoms with E-state index in [9.17, 15) is 19.5 Å². The van der Waals surface area contributed by atoms with Gasteiger partial charge in [0.15, 0.2) is 0 Å². The van der Waals surface area contributed by atoms with Crippen LogP contribution < -0.4 is 11.2 Å². The van der Waals surface area contributed by atoms with Crippen molar-refractivity contribution < 1.29 is 14.6 Å². The Morgan fingerprint density at radius 3 is 2.85 bits per heavy atom. The van der Waals surface area contributed by atoms with Gasteiger partial charge < -0.3 is 9.84 Å². The molecule has 3 aromatic rings. The van der Waals surface area contributed by atoms with Crippen molar-refractivity contribution in [2.45, 2.75) is 32.5 Å². The first-order chi connectivity index (χ1) is 12.3. The normalized spacial score (nSPS) is 15.8. The summed E-state index contributed by atoms with van der Waals surface area (Å²) in [5.41, 5.74) is -0.990. The van der Waals surface area contributed by atoms with Crippen molar-refractivity contribution in [2.24, 2.45) is 0 Å². The molecule has 8 heteroatoms. The number of aromatic hydroxyl groups is 1. The SMILES string of the molecule is CC1(C)Cc2c(sc3[nH]c(=O)n(C(=O)c4cccc(O)c4)c(=O)c23)CO1. The summed E-state index contributed by atoms with van der Waals surface area (Å²) >= 11 is 1.30. The molecule has 7 nitrogen and oxygen atoms in total. The van der Waals surface area contributed by atoms with Crippen molar-refractivity contribution in [1.29, 1.82) is 0 Å². The Morgan fingerprint density at radius 1 is 1.35 bits per heavy atom. The molecular weight excluding hydrogens is 356 g/mol. The molecule has 26 heavy (non-hydrogen) atoms. The Labute approximate surface area is 151 Å². The van der Waals surface area contributed by atoms with Crippen LogP contribution in [0, 0.1) is 0 Å². The van der Waals surface area contributed by atoms with Gasteiger partial charge in [-0.15, -0.1) is 11.3 Å². The number of aromatic amines is 1. The van der Waals surface area contributed by atoms with Crippen LogP contribution in [0.5, 0.6) is 5.75 Å². The van der Waals surface area contributed by atoms with E-state index in [0.29, 0.717) is 27.8 Å². The number of ether oxygens (including phenoxy) is 1. The van der Waals surface area contributed by atoms with Gasteiger partial charge in [0.05, 0.1) is 17.6 Å². The summed E-state index contributed by atoms with van der Waals surface area (Å²) in [6.45, 7) is 4.23. The van der Waals surface area contributed by atoms with Crippen molar-refractivity contribution in [1.82, 2.24) is 9.55 Å². The molecule has 0 saturated heterocycles. The molecule has 2 N–H and O–H groups in total. The molecule has 1 aliphatic rings. The van der Waals surface area contributed by atoms with Crippen LogP contribution in [0.1, 0.15) is 34.6 Å². The Bertz CT molecular complexity index is 1170. The van der Waals surface area contributed by atoms with E-state index in [1.165, 1.54) is 35.6 Å². The topological polar surface area (TPSA) is 101 Å². The second-order valence-corrected chi connectivity index (χ2v) is 7.96. The van der Waals surface area contributed by atoms with E-state index < -0.39 is 22.8 Å². The monoisotopic (exact) mass is 372 g/mol. The van der Waals surface area contributed by atoms with E-state index >= 15 is 0 Å². The number of thiophene rings is 1. The molecule has 1 aromatic carbocycles. The van der Waals surface area contributed by atoms with E-state index in [-0.39, 0.29) is 11.3 Å². The number of hydrogen-bond acceptors (Lipinski definition) is 6. The zero-order valence-corrected chi connectivity index (χ0v) is 15.0. The minimum atomic E-state index is -0.797. The molecule has 0 fully saturated rings. The predicted octanol–water partition coefficient (Wildman–Crippen LogP) is 2.00. The lowest BCUT2D eigenvalue weighted by Crippen LogP contribution is -2.40.